The van der Waals surface area contributed by atoms with Crippen molar-refractivity contribution in [3.63, 3.8) is 0 Å². The Kier molecular flexibility index (Phi) is 4.25. The molecule has 1 aromatic carbocycles. The van der Waals surface area contributed by atoms with Crippen LogP contribution in [0.25, 0.3) is 0 Å². The van der Waals surface area contributed by atoms with E-state index < -0.39 is 10.0 Å². The number of sulfonamides is 1. The van der Waals surface area contributed by atoms with E-state index in [1.165, 1.54) is 18.2 Å². The second-order valence-electron chi connectivity index (χ2n) is 5.72. The minimum Gasteiger partial charge on any atom is -0.506 e. The number of anilines is 1. The highest BCUT2D eigenvalue weighted by molar-refractivity contribution is 7.89. The molecule has 0 saturated heterocycles. The molecule has 0 radical (unpaired) electrons. The maximum atomic E-state index is 12.4. The Hall–Kier alpha value is -1.27. The molecule has 4 N–H and O–H groups in total. The molecule has 112 valence electrons. The number of phenols is 1. The molecule has 0 aliphatic heterocycles. The lowest BCUT2D eigenvalue weighted by Gasteiger charge is -2.34. The van der Waals surface area contributed by atoms with Gasteiger partial charge in [0.25, 0.3) is 0 Å². The summed E-state index contributed by atoms with van der Waals surface area (Å²) >= 11 is 0. The Morgan fingerprint density at radius 2 is 2.00 bits per heavy atom. The third kappa shape index (κ3) is 3.07. The van der Waals surface area contributed by atoms with E-state index in [0.29, 0.717) is 11.8 Å². The molecule has 3 atom stereocenters. The maximum absolute atomic E-state index is 12.4. The molecule has 0 amide bonds. The minimum atomic E-state index is -3.60. The summed E-state index contributed by atoms with van der Waals surface area (Å²) in [6.45, 7) is 4.24. The van der Waals surface area contributed by atoms with Gasteiger partial charge in [-0.05, 0) is 36.5 Å². The monoisotopic (exact) mass is 298 g/mol. The number of nitrogens with one attached hydrogen (secondary N) is 1. The molecule has 2 rings (SSSR count). The first kappa shape index (κ1) is 15.1. The largest absolute Gasteiger partial charge is 0.506 e. The molecule has 3 unspecified atom stereocenters. The van der Waals surface area contributed by atoms with E-state index in [1.54, 1.807) is 0 Å². The predicted molar refractivity (Wildman–Crippen MR) is 78.8 cm³/mol. The average Bonchev–Trinajstić information content (AvgIpc) is 2.38. The molecule has 1 fully saturated rings. The second kappa shape index (κ2) is 5.61. The number of aromatic hydroxyl groups is 1. The Bertz CT molecular complexity index is 586. The van der Waals surface area contributed by atoms with Crippen LogP contribution in [0.3, 0.4) is 0 Å². The molecule has 0 bridgehead atoms. The first-order chi connectivity index (χ1) is 9.31. The van der Waals surface area contributed by atoms with E-state index in [1.807, 2.05) is 0 Å². The van der Waals surface area contributed by atoms with Gasteiger partial charge in [0.05, 0.1) is 10.6 Å². The van der Waals surface area contributed by atoms with Gasteiger partial charge in [0, 0.05) is 6.04 Å². The SMILES string of the molecule is CC1CCCC(NS(=O)(=O)c2ccc(O)c(N)c2)C1C. The van der Waals surface area contributed by atoms with Crippen molar-refractivity contribution in [2.24, 2.45) is 11.8 Å². The molecule has 1 saturated carbocycles. The summed E-state index contributed by atoms with van der Waals surface area (Å²) in [5.41, 5.74) is 5.63. The zero-order valence-electron chi connectivity index (χ0n) is 11.8. The van der Waals surface area contributed by atoms with Gasteiger partial charge in [-0.15, -0.1) is 0 Å². The Balaban J connectivity index is 2.20. The van der Waals surface area contributed by atoms with Crippen molar-refractivity contribution in [2.75, 3.05) is 5.73 Å². The third-order valence-electron chi connectivity index (χ3n) is 4.32. The van der Waals surface area contributed by atoms with Gasteiger partial charge in [-0.25, -0.2) is 13.1 Å². The number of nitrogen functional groups attached to an aromatic ring is 1. The van der Waals surface area contributed by atoms with E-state index in [0.717, 1.165) is 19.3 Å². The summed E-state index contributed by atoms with van der Waals surface area (Å²) in [6, 6.07) is 3.91. The Morgan fingerprint density at radius 1 is 1.30 bits per heavy atom. The van der Waals surface area contributed by atoms with Crippen LogP contribution in [0.15, 0.2) is 23.1 Å². The normalized spacial score (nSPS) is 27.4. The topological polar surface area (TPSA) is 92.4 Å². The summed E-state index contributed by atoms with van der Waals surface area (Å²) < 4.78 is 27.5. The van der Waals surface area contributed by atoms with Crippen molar-refractivity contribution >= 4 is 15.7 Å². The van der Waals surface area contributed by atoms with Crippen LogP contribution in [0.1, 0.15) is 33.1 Å². The van der Waals surface area contributed by atoms with Gasteiger partial charge in [-0.3, -0.25) is 0 Å². The van der Waals surface area contributed by atoms with Crippen LogP contribution in [0.4, 0.5) is 5.69 Å². The molecule has 0 heterocycles. The number of rotatable bonds is 3. The summed E-state index contributed by atoms with van der Waals surface area (Å²) in [5, 5.41) is 9.37. The number of nitrogens with two attached hydrogens (primary N) is 1. The molecule has 1 aromatic rings. The molecular weight excluding hydrogens is 276 g/mol. The van der Waals surface area contributed by atoms with Crippen molar-refractivity contribution in [1.82, 2.24) is 4.72 Å². The fraction of sp³-hybridized carbons (Fsp3) is 0.571. The van der Waals surface area contributed by atoms with Gasteiger partial charge in [0.1, 0.15) is 5.75 Å². The number of hydrogen-bond donors (Lipinski definition) is 3. The quantitative estimate of drug-likeness (QED) is 0.588. The van der Waals surface area contributed by atoms with Crippen LogP contribution in [0.2, 0.25) is 0 Å². The molecule has 6 heteroatoms. The van der Waals surface area contributed by atoms with Gasteiger partial charge in [-0.1, -0.05) is 26.7 Å². The number of phenolic OH excluding ortho intramolecular Hbond substituents is 1. The summed E-state index contributed by atoms with van der Waals surface area (Å²) in [4.78, 5) is 0.0956. The molecule has 1 aliphatic carbocycles. The smallest absolute Gasteiger partial charge is 0.240 e. The second-order valence-corrected chi connectivity index (χ2v) is 7.43. The van der Waals surface area contributed by atoms with Crippen LogP contribution in [0.5, 0.6) is 5.75 Å². The lowest BCUT2D eigenvalue weighted by atomic mass is 9.78. The standard InChI is InChI=1S/C14H22N2O3S/c1-9-4-3-5-13(10(9)2)16-20(18,19)11-6-7-14(17)12(15)8-11/h6-10,13,16-17H,3-5,15H2,1-2H3. The molecule has 0 spiro atoms. The van der Waals surface area contributed by atoms with Crippen molar-refractivity contribution in [1.29, 1.82) is 0 Å². The first-order valence-corrected chi connectivity index (χ1v) is 8.40. The van der Waals surface area contributed by atoms with Crippen molar-refractivity contribution in [2.45, 2.75) is 44.0 Å². The van der Waals surface area contributed by atoms with Crippen molar-refractivity contribution < 1.29 is 13.5 Å². The van der Waals surface area contributed by atoms with E-state index in [9.17, 15) is 13.5 Å². The molecule has 0 aromatic heterocycles. The zero-order chi connectivity index (χ0) is 14.9. The summed E-state index contributed by atoms with van der Waals surface area (Å²) in [7, 11) is -3.60. The van der Waals surface area contributed by atoms with Gasteiger partial charge in [0.15, 0.2) is 0 Å². The van der Waals surface area contributed by atoms with E-state index in [-0.39, 0.29) is 22.4 Å². The third-order valence-corrected chi connectivity index (χ3v) is 5.81. The number of hydrogen-bond acceptors (Lipinski definition) is 4. The van der Waals surface area contributed by atoms with Crippen LogP contribution in [0, 0.1) is 11.8 Å². The fourth-order valence-electron chi connectivity index (χ4n) is 2.72. The van der Waals surface area contributed by atoms with Crippen molar-refractivity contribution in [3.05, 3.63) is 18.2 Å². The minimum absolute atomic E-state index is 0.0428. The summed E-state index contributed by atoms with van der Waals surface area (Å²) in [6.07, 6.45) is 3.04. The Labute approximate surface area is 120 Å². The highest BCUT2D eigenvalue weighted by Crippen LogP contribution is 2.31. The van der Waals surface area contributed by atoms with E-state index in [4.69, 9.17) is 5.73 Å². The predicted octanol–water partition coefficient (Wildman–Crippen LogP) is 2.08. The molecular formula is C14H22N2O3S. The lowest BCUT2D eigenvalue weighted by molar-refractivity contribution is 0.227. The highest BCUT2D eigenvalue weighted by atomic mass is 32.2. The maximum Gasteiger partial charge on any atom is 0.240 e. The van der Waals surface area contributed by atoms with E-state index >= 15 is 0 Å². The van der Waals surface area contributed by atoms with Gasteiger partial charge < -0.3 is 10.8 Å². The van der Waals surface area contributed by atoms with Crippen molar-refractivity contribution in [3.8, 4) is 5.75 Å². The molecule has 5 nitrogen and oxygen atoms in total. The van der Waals surface area contributed by atoms with Gasteiger partial charge in [0.2, 0.25) is 10.0 Å². The van der Waals surface area contributed by atoms with Crippen LogP contribution in [-0.2, 0) is 10.0 Å². The van der Waals surface area contributed by atoms with Crippen LogP contribution < -0.4 is 10.5 Å². The zero-order valence-corrected chi connectivity index (χ0v) is 12.7. The summed E-state index contributed by atoms with van der Waals surface area (Å²) in [5.74, 6) is 0.720. The van der Waals surface area contributed by atoms with Gasteiger partial charge >= 0.3 is 0 Å². The fourth-order valence-corrected chi connectivity index (χ4v) is 4.11. The average molecular weight is 298 g/mol. The Morgan fingerprint density at radius 3 is 2.65 bits per heavy atom. The van der Waals surface area contributed by atoms with Crippen LogP contribution >= 0.6 is 0 Å². The number of benzene rings is 1. The lowest BCUT2D eigenvalue weighted by Crippen LogP contribution is -2.43. The highest BCUT2D eigenvalue weighted by Gasteiger charge is 2.30. The van der Waals surface area contributed by atoms with Gasteiger partial charge in [-0.2, -0.15) is 0 Å². The molecule has 20 heavy (non-hydrogen) atoms. The van der Waals surface area contributed by atoms with Crippen LogP contribution in [-0.4, -0.2) is 19.6 Å². The van der Waals surface area contributed by atoms with E-state index in [2.05, 4.69) is 18.6 Å². The first-order valence-electron chi connectivity index (χ1n) is 6.92. The molecule has 1 aliphatic rings.